The van der Waals surface area contributed by atoms with Crippen LogP contribution in [0, 0.1) is 6.92 Å². The van der Waals surface area contributed by atoms with E-state index in [0.717, 1.165) is 33.0 Å². The van der Waals surface area contributed by atoms with Crippen LogP contribution in [0.2, 0.25) is 10.0 Å². The minimum atomic E-state index is -0.268. The molecule has 1 nitrogen and oxygen atoms in total. The largest absolute Gasteiger partial charge is 0.308 e. The fourth-order valence-corrected chi connectivity index (χ4v) is 20.6. The molecule has 22 rings (SSSR count). The van der Waals surface area contributed by atoms with Gasteiger partial charge >= 0.3 is 0 Å². The molecular formula is C109H81BrCl2N+. The fraction of sp³-hybridized carbons (Fsp3) is 0.110. The molecule has 0 spiro atoms. The van der Waals surface area contributed by atoms with Crippen LogP contribution in [0.25, 0.3) is 134 Å². The van der Waals surface area contributed by atoms with Crippen molar-refractivity contribution in [2.75, 3.05) is 4.90 Å². The van der Waals surface area contributed by atoms with Crippen LogP contribution in [0.4, 0.5) is 17.1 Å². The SMILES string of the molecule is CC1(C)c2ccccc2-c2c(-c3ccc4c(c3)-c3ccccc3-c3cc(-c5cccc6c5-c5ccccc5C6(C)C)ccc3N4c3ccccc3Cl)cccc21.Clc1ccccc1Br.[CH2+]C1(C)c2ccccc2-c2c(-c3ccc4c(c3)-c3ccccc3-c3cc(-c5cccc6c5-c5ccccc5C6(C)C)ccc3C4)cccc21. The van der Waals surface area contributed by atoms with Gasteiger partial charge in [0.2, 0.25) is 0 Å². The monoisotopic (exact) mass is 1550 g/mol. The van der Waals surface area contributed by atoms with Crippen LogP contribution < -0.4 is 4.90 Å². The standard InChI is InChI=1S/C54H40ClN.C49H37.C6H4BrCl/c1-53(2)43-21-9-7-17-39(43)51-35(19-13-23-45(51)53)33-27-29-48-41(31-33)37-15-5-6-16-38(37)42-32-34(28-30-49(42)56(48)50-26-12-11-25-47(50)55)36-20-14-24-46-52(36)40-18-8-10-22-44(40)54(46,3)4;1-48(2)42-19-9-7-15-38(42)46-34(17-11-21-44(46)48)32-25-23-30-27-31-24-26-33(29-41(31)37-14-6-5-13-36(37)40(30)28-32)35-18-12-22-45-47(35)39-16-8-10-20-43(39)49(45,3)4;7-5-3-1-2-4-6(5)8/h5-32H,1-4H3;5-26,28-29H,1,27H2,2-4H3;1-4H/q;+1;. The lowest BCUT2D eigenvalue weighted by atomic mass is 9.82. The first kappa shape index (κ1) is 70.4. The summed E-state index contributed by atoms with van der Waals surface area (Å²) in [6.45, 7) is 21.1. The molecule has 0 saturated heterocycles. The van der Waals surface area contributed by atoms with E-state index in [0.29, 0.717) is 5.02 Å². The molecule has 1 heterocycles. The minimum Gasteiger partial charge on any atom is -0.308 e. The molecule has 1 aliphatic heterocycles. The highest BCUT2D eigenvalue weighted by Gasteiger charge is 2.44. The second kappa shape index (κ2) is 26.7. The number of anilines is 3. The van der Waals surface area contributed by atoms with E-state index in [9.17, 15) is 0 Å². The molecule has 0 N–H and O–H groups in total. The molecule has 0 fully saturated rings. The van der Waals surface area contributed by atoms with E-state index in [2.05, 4.69) is 380 Å². The smallest absolute Gasteiger partial charge is 0.154 e. The Balaban J connectivity index is 0.000000135. The lowest BCUT2D eigenvalue weighted by Gasteiger charge is -2.29. The van der Waals surface area contributed by atoms with Crippen LogP contribution in [0.1, 0.15) is 104 Å². The van der Waals surface area contributed by atoms with Gasteiger partial charge in [0, 0.05) is 43.0 Å². The van der Waals surface area contributed by atoms with Crippen molar-refractivity contribution in [3.63, 3.8) is 0 Å². The Labute approximate surface area is 682 Å². The second-order valence-electron chi connectivity index (χ2n) is 33.0. The van der Waals surface area contributed by atoms with Gasteiger partial charge in [0.05, 0.1) is 34.0 Å². The third-order valence-corrected chi connectivity index (χ3v) is 27.1. The molecule has 16 aromatic carbocycles. The molecule has 113 heavy (non-hydrogen) atoms. The van der Waals surface area contributed by atoms with E-state index in [1.54, 1.807) is 0 Å². The van der Waals surface area contributed by atoms with Crippen molar-refractivity contribution >= 4 is 56.2 Å². The fourth-order valence-electron chi connectivity index (χ4n) is 20.0. The van der Waals surface area contributed by atoms with E-state index < -0.39 is 0 Å². The summed E-state index contributed by atoms with van der Waals surface area (Å²) < 4.78 is 0.946. The highest BCUT2D eigenvalue weighted by atomic mass is 79.9. The maximum Gasteiger partial charge on any atom is 0.154 e. The first-order valence-corrected chi connectivity index (χ1v) is 40.9. The molecule has 1 atom stereocenters. The zero-order chi connectivity index (χ0) is 77.0. The molecule has 0 aromatic heterocycles. The van der Waals surface area contributed by atoms with Gasteiger partial charge in [-0.1, -0.05) is 344 Å². The Kier molecular flexibility index (Phi) is 16.6. The maximum absolute atomic E-state index is 7.14. The number of hydrogen-bond acceptors (Lipinski definition) is 1. The highest BCUT2D eigenvalue weighted by molar-refractivity contribution is 9.10. The predicted octanol–water partition coefficient (Wildman–Crippen LogP) is 31.2. The molecule has 0 bridgehead atoms. The van der Waals surface area contributed by atoms with Gasteiger partial charge in [-0.3, -0.25) is 0 Å². The maximum atomic E-state index is 7.14. The number of nitrogens with zero attached hydrogens (tertiary/aromatic N) is 1. The van der Waals surface area contributed by atoms with E-state index in [1.807, 2.05) is 36.4 Å². The van der Waals surface area contributed by atoms with Gasteiger partial charge in [-0.15, -0.1) is 0 Å². The zero-order valence-corrected chi connectivity index (χ0v) is 67.4. The minimum absolute atomic E-state index is 0.0210. The summed E-state index contributed by atoms with van der Waals surface area (Å²) in [6, 6.07) is 125. The summed E-state index contributed by atoms with van der Waals surface area (Å²) in [5, 5.41) is 1.47. The van der Waals surface area contributed by atoms with E-state index >= 15 is 0 Å². The van der Waals surface area contributed by atoms with E-state index in [-0.39, 0.29) is 21.7 Å². The Morgan fingerprint density at radius 2 is 0.531 bits per heavy atom. The average Bonchev–Trinajstić information content (AvgIpc) is 1.59. The molecule has 0 radical (unpaired) electrons. The van der Waals surface area contributed by atoms with Gasteiger partial charge in [-0.25, -0.2) is 0 Å². The molecule has 4 heteroatoms. The molecular weight excluding hydrogens is 1470 g/mol. The first-order chi connectivity index (χ1) is 54.9. The van der Waals surface area contributed by atoms with Crippen LogP contribution in [0.15, 0.2) is 344 Å². The summed E-state index contributed by atoms with van der Waals surface area (Å²) in [4.78, 5) is 2.38. The Bertz CT molecular complexity index is 6280. The number of rotatable bonds is 5. The number of benzene rings is 16. The summed E-state index contributed by atoms with van der Waals surface area (Å²) in [5.41, 5.74) is 47.2. The van der Waals surface area contributed by atoms with Crippen molar-refractivity contribution in [3.05, 3.63) is 417 Å². The van der Waals surface area contributed by atoms with Crippen molar-refractivity contribution in [2.24, 2.45) is 0 Å². The van der Waals surface area contributed by atoms with Crippen molar-refractivity contribution < 1.29 is 0 Å². The molecule has 542 valence electrons. The van der Waals surface area contributed by atoms with Crippen LogP contribution in [0.5, 0.6) is 0 Å². The predicted molar refractivity (Wildman–Crippen MR) is 482 cm³/mol. The molecule has 5 aliphatic carbocycles. The van der Waals surface area contributed by atoms with Gasteiger partial charge < -0.3 is 4.90 Å². The number of hydrogen-bond donors (Lipinski definition) is 0. The summed E-state index contributed by atoms with van der Waals surface area (Å²) >= 11 is 16.1. The molecule has 0 saturated carbocycles. The third-order valence-electron chi connectivity index (χ3n) is 25.5. The van der Waals surface area contributed by atoms with Gasteiger partial charge in [-0.05, 0) is 257 Å². The van der Waals surface area contributed by atoms with Crippen molar-refractivity contribution in [1.82, 2.24) is 0 Å². The molecule has 6 aliphatic rings. The molecule has 1 unspecified atom stereocenters. The summed E-state index contributed by atoms with van der Waals surface area (Å²) in [5.74, 6) is 0. The average molecular weight is 1560 g/mol. The lowest BCUT2D eigenvalue weighted by molar-refractivity contribution is 0.660. The van der Waals surface area contributed by atoms with Crippen molar-refractivity contribution in [3.8, 4) is 134 Å². The lowest BCUT2D eigenvalue weighted by Crippen LogP contribution is -2.15. The van der Waals surface area contributed by atoms with Crippen LogP contribution in [-0.2, 0) is 28.1 Å². The molecule has 0 amide bonds. The zero-order valence-electron chi connectivity index (χ0n) is 64.3. The van der Waals surface area contributed by atoms with Gasteiger partial charge in [0.15, 0.2) is 5.41 Å². The molecule has 16 aromatic rings. The Hall–Kier alpha value is -11.8. The second-order valence-corrected chi connectivity index (χ2v) is 34.6. The topological polar surface area (TPSA) is 3.24 Å². The van der Waals surface area contributed by atoms with Crippen molar-refractivity contribution in [1.29, 1.82) is 0 Å². The van der Waals surface area contributed by atoms with Gasteiger partial charge in [0.1, 0.15) is 0 Å². The number of halogens is 3. The van der Waals surface area contributed by atoms with Gasteiger partial charge in [0.25, 0.3) is 0 Å². The quantitative estimate of drug-likeness (QED) is 0.155. The van der Waals surface area contributed by atoms with Crippen LogP contribution in [0.3, 0.4) is 0 Å². The van der Waals surface area contributed by atoms with Crippen LogP contribution >= 0.6 is 39.1 Å². The van der Waals surface area contributed by atoms with Gasteiger partial charge in [-0.2, -0.15) is 0 Å². The Morgan fingerprint density at radius 1 is 0.248 bits per heavy atom. The third kappa shape index (κ3) is 11.0. The van der Waals surface area contributed by atoms with E-state index in [1.165, 1.54) is 189 Å². The summed E-state index contributed by atoms with van der Waals surface area (Å²) in [7, 11) is 0. The summed E-state index contributed by atoms with van der Waals surface area (Å²) in [6.07, 6.45) is 0.898. The normalized spacial score (nSPS) is 15.4. The number of fused-ring (bicyclic) bond motifs is 22. The van der Waals surface area contributed by atoms with Crippen LogP contribution in [-0.4, -0.2) is 0 Å². The number of para-hydroxylation sites is 1. The van der Waals surface area contributed by atoms with E-state index in [4.69, 9.17) is 23.2 Å². The van der Waals surface area contributed by atoms with Crippen molar-refractivity contribution in [2.45, 2.75) is 76.5 Å². The Morgan fingerprint density at radius 3 is 0.912 bits per heavy atom. The first-order valence-electron chi connectivity index (χ1n) is 39.3. The highest BCUT2D eigenvalue weighted by Crippen LogP contribution is 2.60.